The summed E-state index contributed by atoms with van der Waals surface area (Å²) in [5.41, 5.74) is 8.96. The molecule has 0 radical (unpaired) electrons. The predicted octanol–water partition coefficient (Wildman–Crippen LogP) is 3.15. The van der Waals surface area contributed by atoms with Crippen LogP contribution in [0.2, 0.25) is 0 Å². The van der Waals surface area contributed by atoms with Gasteiger partial charge < -0.3 is 30.2 Å². The van der Waals surface area contributed by atoms with Crippen molar-refractivity contribution in [1.82, 2.24) is 0 Å². The van der Waals surface area contributed by atoms with Crippen molar-refractivity contribution in [2.24, 2.45) is 17.6 Å². The van der Waals surface area contributed by atoms with Crippen LogP contribution in [0.3, 0.4) is 0 Å². The SMILES string of the molecule is COc1cc(C[C@H]2C(=O)OCC2Cc2ccc(CO)c(CO)c2)ccc1OCCCCCCN. The quantitative estimate of drug-likeness (QED) is 0.287. The number of aliphatic hydroxyl groups excluding tert-OH is 2. The summed E-state index contributed by atoms with van der Waals surface area (Å²) in [5.74, 6) is 0.963. The van der Waals surface area contributed by atoms with Crippen molar-refractivity contribution < 1.29 is 29.2 Å². The third-order valence-corrected chi connectivity index (χ3v) is 6.46. The molecule has 3 rings (SSSR count). The normalized spacial score (nSPS) is 17.6. The summed E-state index contributed by atoms with van der Waals surface area (Å²) in [6.07, 6.45) is 5.43. The molecule has 1 aliphatic rings. The topological polar surface area (TPSA) is 111 Å². The molecule has 1 aliphatic heterocycles. The van der Waals surface area contributed by atoms with E-state index in [2.05, 4.69) is 0 Å². The second kappa shape index (κ2) is 13.3. The highest BCUT2D eigenvalue weighted by Crippen LogP contribution is 2.33. The molecule has 186 valence electrons. The second-order valence-corrected chi connectivity index (χ2v) is 8.86. The van der Waals surface area contributed by atoms with Crippen LogP contribution in [0.4, 0.5) is 0 Å². The van der Waals surface area contributed by atoms with Crippen molar-refractivity contribution in [2.75, 3.05) is 26.9 Å². The van der Waals surface area contributed by atoms with E-state index in [9.17, 15) is 15.0 Å². The molecule has 1 fully saturated rings. The maximum atomic E-state index is 12.5. The molecule has 0 aliphatic carbocycles. The summed E-state index contributed by atoms with van der Waals surface area (Å²) in [5, 5.41) is 19.0. The van der Waals surface area contributed by atoms with Gasteiger partial charge in [0.25, 0.3) is 0 Å². The Bertz CT molecular complexity index is 931. The molecule has 0 aromatic heterocycles. The van der Waals surface area contributed by atoms with Gasteiger partial charge in [0, 0.05) is 5.92 Å². The van der Waals surface area contributed by atoms with E-state index in [-0.39, 0.29) is 31.0 Å². The van der Waals surface area contributed by atoms with Crippen LogP contribution in [0.5, 0.6) is 11.5 Å². The molecule has 1 saturated heterocycles. The molecule has 2 atom stereocenters. The first-order valence-electron chi connectivity index (χ1n) is 12.1. The van der Waals surface area contributed by atoms with Crippen molar-refractivity contribution in [3.63, 3.8) is 0 Å². The van der Waals surface area contributed by atoms with Crippen LogP contribution in [0, 0.1) is 11.8 Å². The molecule has 2 aromatic rings. The smallest absolute Gasteiger partial charge is 0.309 e. The Labute approximate surface area is 201 Å². The number of nitrogens with two attached hydrogens (primary N) is 1. The molecule has 0 bridgehead atoms. The summed E-state index contributed by atoms with van der Waals surface area (Å²) in [4.78, 5) is 12.5. The summed E-state index contributed by atoms with van der Waals surface area (Å²) in [6.45, 7) is 1.49. The van der Waals surface area contributed by atoms with E-state index >= 15 is 0 Å². The number of methoxy groups -OCH3 is 1. The standard InChI is InChI=1S/C27H37NO6/c1-32-26-15-20(7-9-25(26)33-11-5-3-2-4-10-28)14-24-23(18-34-27(24)31)13-19-6-8-21(16-29)22(12-19)17-30/h6-9,12,15,23-24,29-30H,2-5,10-11,13-14,16-18,28H2,1H3/t23?,24-/m1/s1. The summed E-state index contributed by atoms with van der Waals surface area (Å²) in [6, 6.07) is 11.5. The summed E-state index contributed by atoms with van der Waals surface area (Å²) in [7, 11) is 1.62. The van der Waals surface area contributed by atoms with Gasteiger partial charge in [-0.05, 0) is 66.6 Å². The lowest BCUT2D eigenvalue weighted by atomic mass is 9.84. The number of esters is 1. The van der Waals surface area contributed by atoms with Crippen LogP contribution in [0.1, 0.15) is 47.9 Å². The molecule has 0 amide bonds. The predicted molar refractivity (Wildman–Crippen MR) is 130 cm³/mol. The highest BCUT2D eigenvalue weighted by molar-refractivity contribution is 5.75. The van der Waals surface area contributed by atoms with E-state index in [4.69, 9.17) is 19.9 Å². The Morgan fingerprint density at radius 1 is 0.941 bits per heavy atom. The Hall–Kier alpha value is -2.61. The Kier molecular flexibility index (Phi) is 10.2. The molecule has 0 saturated carbocycles. The van der Waals surface area contributed by atoms with Gasteiger partial charge in [0.15, 0.2) is 11.5 Å². The van der Waals surface area contributed by atoms with E-state index in [0.29, 0.717) is 48.7 Å². The molecule has 1 heterocycles. The minimum absolute atomic E-state index is 0.0365. The van der Waals surface area contributed by atoms with E-state index < -0.39 is 0 Å². The Morgan fingerprint density at radius 3 is 2.41 bits per heavy atom. The summed E-state index contributed by atoms with van der Waals surface area (Å²) < 4.78 is 16.9. The maximum absolute atomic E-state index is 12.5. The largest absolute Gasteiger partial charge is 0.493 e. The minimum atomic E-state index is -0.255. The minimum Gasteiger partial charge on any atom is -0.493 e. The van der Waals surface area contributed by atoms with Gasteiger partial charge >= 0.3 is 5.97 Å². The lowest BCUT2D eigenvalue weighted by Crippen LogP contribution is -2.21. The van der Waals surface area contributed by atoms with Crippen molar-refractivity contribution >= 4 is 5.97 Å². The van der Waals surface area contributed by atoms with E-state index in [0.717, 1.165) is 43.4 Å². The number of carbonyl (C=O) groups is 1. The number of hydrogen-bond acceptors (Lipinski definition) is 7. The number of ether oxygens (including phenoxy) is 3. The van der Waals surface area contributed by atoms with Crippen LogP contribution in [-0.2, 0) is 35.6 Å². The van der Waals surface area contributed by atoms with Gasteiger partial charge in [0.05, 0.1) is 39.5 Å². The molecular formula is C27H37NO6. The molecule has 4 N–H and O–H groups in total. The fourth-order valence-corrected chi connectivity index (χ4v) is 4.46. The fraction of sp³-hybridized carbons (Fsp3) is 0.519. The molecule has 7 nitrogen and oxygen atoms in total. The molecule has 0 spiro atoms. The summed E-state index contributed by atoms with van der Waals surface area (Å²) >= 11 is 0. The van der Waals surface area contributed by atoms with Gasteiger partial charge in [0.2, 0.25) is 0 Å². The van der Waals surface area contributed by atoms with Crippen molar-refractivity contribution in [2.45, 2.75) is 51.7 Å². The monoisotopic (exact) mass is 471 g/mol. The maximum Gasteiger partial charge on any atom is 0.309 e. The first-order chi connectivity index (χ1) is 16.6. The molecular weight excluding hydrogens is 434 g/mol. The van der Waals surface area contributed by atoms with Crippen LogP contribution in [-0.4, -0.2) is 43.1 Å². The zero-order chi connectivity index (χ0) is 24.3. The van der Waals surface area contributed by atoms with Crippen LogP contribution in [0.15, 0.2) is 36.4 Å². The average molecular weight is 472 g/mol. The third kappa shape index (κ3) is 6.95. The molecule has 34 heavy (non-hydrogen) atoms. The van der Waals surface area contributed by atoms with Crippen LogP contribution in [0.25, 0.3) is 0 Å². The van der Waals surface area contributed by atoms with E-state index in [1.54, 1.807) is 7.11 Å². The molecule has 1 unspecified atom stereocenters. The van der Waals surface area contributed by atoms with Crippen LogP contribution < -0.4 is 15.2 Å². The van der Waals surface area contributed by atoms with Crippen molar-refractivity contribution in [1.29, 1.82) is 0 Å². The van der Waals surface area contributed by atoms with Crippen molar-refractivity contribution in [3.8, 4) is 11.5 Å². The van der Waals surface area contributed by atoms with Crippen LogP contribution >= 0.6 is 0 Å². The lowest BCUT2D eigenvalue weighted by molar-refractivity contribution is -0.141. The zero-order valence-electron chi connectivity index (χ0n) is 20.0. The molecule has 2 aromatic carbocycles. The highest BCUT2D eigenvalue weighted by Gasteiger charge is 2.37. The third-order valence-electron chi connectivity index (χ3n) is 6.46. The number of cyclic esters (lactones) is 1. The first-order valence-corrected chi connectivity index (χ1v) is 12.1. The second-order valence-electron chi connectivity index (χ2n) is 8.86. The number of rotatable bonds is 14. The number of aliphatic hydroxyl groups is 2. The lowest BCUT2D eigenvalue weighted by Gasteiger charge is -2.18. The Morgan fingerprint density at radius 2 is 1.68 bits per heavy atom. The first kappa shape index (κ1) is 26.0. The van der Waals surface area contributed by atoms with E-state index in [1.165, 1.54) is 0 Å². The van der Waals surface area contributed by atoms with Gasteiger partial charge in [-0.15, -0.1) is 0 Å². The van der Waals surface area contributed by atoms with Gasteiger partial charge in [-0.3, -0.25) is 4.79 Å². The number of hydrogen-bond donors (Lipinski definition) is 3. The van der Waals surface area contributed by atoms with Gasteiger partial charge in [-0.2, -0.15) is 0 Å². The van der Waals surface area contributed by atoms with Crippen molar-refractivity contribution in [3.05, 3.63) is 58.7 Å². The zero-order valence-corrected chi connectivity index (χ0v) is 20.0. The average Bonchev–Trinajstić information content (AvgIpc) is 3.20. The van der Waals surface area contributed by atoms with Gasteiger partial charge in [0.1, 0.15) is 0 Å². The molecule has 7 heteroatoms. The number of carbonyl (C=O) groups excluding carboxylic acids is 1. The Balaban J connectivity index is 1.63. The van der Waals surface area contributed by atoms with Gasteiger partial charge in [-0.1, -0.05) is 37.1 Å². The van der Waals surface area contributed by atoms with E-state index in [1.807, 2.05) is 36.4 Å². The number of unbranched alkanes of at least 4 members (excludes halogenated alkanes) is 3. The van der Waals surface area contributed by atoms with Gasteiger partial charge in [-0.25, -0.2) is 0 Å². The number of benzene rings is 2. The highest BCUT2D eigenvalue weighted by atomic mass is 16.5. The fourth-order valence-electron chi connectivity index (χ4n) is 4.46.